The van der Waals surface area contributed by atoms with Gasteiger partial charge in [-0.25, -0.2) is 4.99 Å². The van der Waals surface area contributed by atoms with E-state index in [0.717, 1.165) is 35.4 Å². The number of nitrogens with one attached hydrogen (secondary N) is 1. The minimum atomic E-state index is 0.394. The van der Waals surface area contributed by atoms with Crippen LogP contribution in [0.5, 0.6) is 0 Å². The third-order valence-electron chi connectivity index (χ3n) is 4.40. The van der Waals surface area contributed by atoms with E-state index in [0.29, 0.717) is 24.1 Å². The van der Waals surface area contributed by atoms with Gasteiger partial charge in [-0.05, 0) is 36.6 Å². The fourth-order valence-electron chi connectivity index (χ4n) is 2.82. The summed E-state index contributed by atoms with van der Waals surface area (Å²) in [6, 6.07) is 18.1. The molecule has 4 rings (SSSR count). The molecule has 0 unspecified atom stereocenters. The highest BCUT2D eigenvalue weighted by Gasteiger charge is 2.26. The Hall–Kier alpha value is -3.21. The molecule has 28 heavy (non-hydrogen) atoms. The van der Waals surface area contributed by atoms with Crippen molar-refractivity contribution in [1.82, 2.24) is 9.97 Å². The van der Waals surface area contributed by atoms with E-state index >= 15 is 0 Å². The molecule has 1 saturated carbocycles. The van der Waals surface area contributed by atoms with Gasteiger partial charge in [0, 0.05) is 23.9 Å². The van der Waals surface area contributed by atoms with Crippen LogP contribution in [0.3, 0.4) is 0 Å². The Kier molecular flexibility index (Phi) is 6.73. The monoisotopic (exact) mass is 373 g/mol. The predicted molar refractivity (Wildman–Crippen MR) is 116 cm³/mol. The van der Waals surface area contributed by atoms with Gasteiger partial charge in [0.25, 0.3) is 0 Å². The molecule has 0 radical (unpaired) electrons. The second-order valence-corrected chi connectivity index (χ2v) is 6.40. The third-order valence-corrected chi connectivity index (χ3v) is 4.40. The van der Waals surface area contributed by atoms with Gasteiger partial charge >= 0.3 is 0 Å². The largest absolute Gasteiger partial charge is 0.387 e. The first kappa shape index (κ1) is 19.5. The number of benzene rings is 1. The molecule has 1 fully saturated rings. The van der Waals surface area contributed by atoms with Gasteiger partial charge in [-0.2, -0.15) is 0 Å². The Balaban J connectivity index is 0.00000109. The van der Waals surface area contributed by atoms with E-state index in [2.05, 4.69) is 27.1 Å². The number of H-pyrrole nitrogens is 1. The van der Waals surface area contributed by atoms with Crippen molar-refractivity contribution in [2.75, 3.05) is 0 Å². The molecule has 3 N–H and O–H groups in total. The van der Waals surface area contributed by atoms with Crippen LogP contribution < -0.4 is 5.73 Å². The Bertz CT molecular complexity index is 922. The second-order valence-electron chi connectivity index (χ2n) is 6.40. The fourth-order valence-corrected chi connectivity index (χ4v) is 2.82. The zero-order valence-corrected chi connectivity index (χ0v) is 16.5. The zero-order valence-electron chi connectivity index (χ0n) is 16.5. The lowest BCUT2D eigenvalue weighted by molar-refractivity contribution is 0.983. The Morgan fingerprint density at radius 1 is 1.07 bits per heavy atom. The number of pyridine rings is 1. The van der Waals surface area contributed by atoms with Crippen molar-refractivity contribution >= 4 is 11.7 Å². The molecule has 5 heteroatoms. The van der Waals surface area contributed by atoms with Crippen LogP contribution in [-0.4, -0.2) is 21.6 Å². The van der Waals surface area contributed by atoms with Crippen molar-refractivity contribution in [1.29, 1.82) is 0 Å². The molecular formula is C23H27N5. The molecule has 5 nitrogen and oxygen atoms in total. The first-order valence-corrected chi connectivity index (χ1v) is 9.83. The van der Waals surface area contributed by atoms with Gasteiger partial charge in [-0.3, -0.25) is 9.98 Å². The fraction of sp³-hybridized carbons (Fsp3) is 0.261. The Labute approximate surface area is 166 Å². The first-order valence-electron chi connectivity index (χ1n) is 9.83. The number of aromatic nitrogens is 2. The standard InChI is InChI=1S/C21H21N5.C2H6/c22-20(16-9-10-16)26-21(25-14-17-8-4-5-12-23-17)19-18(11-13-24-19)15-6-2-1-3-7-15;1-2/h1-8,11-13,16,24H,9-10,14H2,(H2,22,25,26);1-2H3. The number of nitrogens with zero attached hydrogens (tertiary/aromatic N) is 3. The molecule has 0 spiro atoms. The second kappa shape index (κ2) is 9.65. The van der Waals surface area contributed by atoms with E-state index in [4.69, 9.17) is 10.7 Å². The van der Waals surface area contributed by atoms with E-state index in [-0.39, 0.29) is 0 Å². The number of aromatic amines is 1. The maximum atomic E-state index is 6.18. The summed E-state index contributed by atoms with van der Waals surface area (Å²) in [5.41, 5.74) is 10.2. The first-order chi connectivity index (χ1) is 13.8. The van der Waals surface area contributed by atoms with E-state index < -0.39 is 0 Å². The molecule has 1 aliphatic carbocycles. The molecule has 1 aliphatic rings. The van der Waals surface area contributed by atoms with Crippen LogP contribution in [0.25, 0.3) is 11.1 Å². The van der Waals surface area contributed by atoms with Gasteiger partial charge in [0.2, 0.25) is 0 Å². The van der Waals surface area contributed by atoms with Gasteiger partial charge in [0.05, 0.1) is 17.9 Å². The highest BCUT2D eigenvalue weighted by Crippen LogP contribution is 2.30. The van der Waals surface area contributed by atoms with Crippen LogP contribution >= 0.6 is 0 Å². The van der Waals surface area contributed by atoms with E-state index in [1.54, 1.807) is 6.20 Å². The lowest BCUT2D eigenvalue weighted by Gasteiger charge is -2.07. The third kappa shape index (κ3) is 4.94. The number of hydrogen-bond acceptors (Lipinski definition) is 2. The van der Waals surface area contributed by atoms with Crippen LogP contribution in [-0.2, 0) is 6.54 Å². The number of rotatable bonds is 5. The molecule has 0 aliphatic heterocycles. The molecule has 2 heterocycles. The van der Waals surface area contributed by atoms with Gasteiger partial charge < -0.3 is 10.7 Å². The van der Waals surface area contributed by atoms with Crippen molar-refractivity contribution in [2.24, 2.45) is 21.6 Å². The van der Waals surface area contributed by atoms with E-state index in [9.17, 15) is 0 Å². The number of hydrogen-bond donors (Lipinski definition) is 2. The smallest absolute Gasteiger partial charge is 0.174 e. The van der Waals surface area contributed by atoms with Crippen molar-refractivity contribution in [3.63, 3.8) is 0 Å². The van der Waals surface area contributed by atoms with Crippen molar-refractivity contribution < 1.29 is 0 Å². The topological polar surface area (TPSA) is 79.4 Å². The van der Waals surface area contributed by atoms with Crippen LogP contribution in [0.2, 0.25) is 0 Å². The van der Waals surface area contributed by atoms with Crippen LogP contribution in [0.15, 0.2) is 77.0 Å². The molecular weight excluding hydrogens is 346 g/mol. The van der Waals surface area contributed by atoms with Gasteiger partial charge in [0.15, 0.2) is 5.84 Å². The zero-order chi connectivity index (χ0) is 19.8. The summed E-state index contributed by atoms with van der Waals surface area (Å²) in [5, 5.41) is 0. The van der Waals surface area contributed by atoms with E-state index in [1.807, 2.05) is 62.5 Å². The van der Waals surface area contributed by atoms with Crippen LogP contribution in [0.1, 0.15) is 38.1 Å². The van der Waals surface area contributed by atoms with Gasteiger partial charge in [0.1, 0.15) is 5.84 Å². The SMILES string of the molecule is CC.NC(=NC(=NCc1ccccn1)c1[nH]ccc1-c1ccccc1)C1CC1. The lowest BCUT2D eigenvalue weighted by Crippen LogP contribution is -2.17. The normalized spacial score (nSPS) is 14.4. The summed E-state index contributed by atoms with van der Waals surface area (Å²) >= 11 is 0. The minimum Gasteiger partial charge on any atom is -0.387 e. The van der Waals surface area contributed by atoms with Crippen molar-refractivity contribution in [3.05, 3.63) is 78.4 Å². The summed E-state index contributed by atoms with van der Waals surface area (Å²) in [7, 11) is 0. The lowest BCUT2D eigenvalue weighted by atomic mass is 10.1. The number of amidine groups is 2. The molecule has 0 amide bonds. The van der Waals surface area contributed by atoms with Crippen LogP contribution in [0, 0.1) is 5.92 Å². The maximum absolute atomic E-state index is 6.18. The molecule has 0 atom stereocenters. The Morgan fingerprint density at radius 2 is 1.82 bits per heavy atom. The molecule has 3 aromatic rings. The number of nitrogens with two attached hydrogens (primary N) is 1. The van der Waals surface area contributed by atoms with E-state index in [1.165, 1.54) is 0 Å². The predicted octanol–water partition coefficient (Wildman–Crippen LogP) is 4.82. The molecule has 144 valence electrons. The Morgan fingerprint density at radius 3 is 2.50 bits per heavy atom. The van der Waals surface area contributed by atoms with Crippen molar-refractivity contribution in [3.8, 4) is 11.1 Å². The molecule has 2 aromatic heterocycles. The number of aliphatic imine (C=N–C) groups is 2. The summed E-state index contributed by atoms with van der Waals surface area (Å²) in [6.45, 7) is 4.46. The highest BCUT2D eigenvalue weighted by molar-refractivity contribution is 6.09. The summed E-state index contributed by atoms with van der Waals surface area (Å²) < 4.78 is 0. The summed E-state index contributed by atoms with van der Waals surface area (Å²) in [4.78, 5) is 17.0. The summed E-state index contributed by atoms with van der Waals surface area (Å²) in [5.74, 6) is 1.69. The van der Waals surface area contributed by atoms with Gasteiger partial charge in [-0.15, -0.1) is 0 Å². The maximum Gasteiger partial charge on any atom is 0.174 e. The average molecular weight is 374 g/mol. The minimum absolute atomic E-state index is 0.394. The van der Waals surface area contributed by atoms with Gasteiger partial charge in [-0.1, -0.05) is 50.2 Å². The van der Waals surface area contributed by atoms with Crippen LogP contribution in [0.4, 0.5) is 0 Å². The molecule has 1 aromatic carbocycles. The molecule has 0 saturated heterocycles. The highest BCUT2D eigenvalue weighted by atomic mass is 15.0. The summed E-state index contributed by atoms with van der Waals surface area (Å²) in [6.07, 6.45) is 5.91. The van der Waals surface area contributed by atoms with Crippen molar-refractivity contribution in [2.45, 2.75) is 33.2 Å². The average Bonchev–Trinajstić information content (AvgIpc) is 3.51. The molecule has 0 bridgehead atoms. The quantitative estimate of drug-likeness (QED) is 0.497.